The van der Waals surface area contributed by atoms with E-state index in [4.69, 9.17) is 10.00 Å². The minimum atomic E-state index is -0.175. The number of carbonyl (C=O) groups excluding carboxylic acids is 1. The van der Waals surface area contributed by atoms with E-state index in [9.17, 15) is 4.79 Å². The van der Waals surface area contributed by atoms with E-state index < -0.39 is 0 Å². The summed E-state index contributed by atoms with van der Waals surface area (Å²) in [6.07, 6.45) is 1.06. The molecular formula is C21H17N3O2S2. The summed E-state index contributed by atoms with van der Waals surface area (Å²) in [5, 5.41) is 18.9. The topological polar surface area (TPSA) is 65.7 Å². The number of hydrogen-bond donors (Lipinski definition) is 0. The Morgan fingerprint density at radius 2 is 1.96 bits per heavy atom. The lowest BCUT2D eigenvalue weighted by Gasteiger charge is -2.20. The molecule has 3 aromatic rings. The van der Waals surface area contributed by atoms with Crippen LogP contribution in [0.25, 0.3) is 0 Å². The zero-order valence-corrected chi connectivity index (χ0v) is 16.6. The Hall–Kier alpha value is -2.95. The summed E-state index contributed by atoms with van der Waals surface area (Å²) in [7, 11) is 0. The third kappa shape index (κ3) is 3.98. The van der Waals surface area contributed by atoms with Gasteiger partial charge in [0.2, 0.25) is 0 Å². The lowest BCUT2D eigenvalue weighted by molar-refractivity contribution is -0.135. The number of rotatable bonds is 6. The second-order valence-corrected chi connectivity index (χ2v) is 8.19. The minimum Gasteiger partial charge on any atom is -0.484 e. The quantitative estimate of drug-likeness (QED) is 0.598. The van der Waals surface area contributed by atoms with Crippen molar-refractivity contribution < 1.29 is 9.53 Å². The molecule has 3 heterocycles. The van der Waals surface area contributed by atoms with Crippen molar-refractivity contribution in [3.8, 4) is 11.8 Å². The van der Waals surface area contributed by atoms with Gasteiger partial charge in [-0.05, 0) is 40.6 Å². The van der Waals surface area contributed by atoms with Gasteiger partial charge in [-0.2, -0.15) is 10.4 Å². The average Bonchev–Trinajstić information content (AvgIpc) is 3.48. The summed E-state index contributed by atoms with van der Waals surface area (Å²) < 4.78 is 5.67. The lowest BCUT2D eigenvalue weighted by atomic mass is 10.1. The Morgan fingerprint density at radius 3 is 2.64 bits per heavy atom. The fourth-order valence-corrected chi connectivity index (χ4v) is 4.57. The fourth-order valence-electron chi connectivity index (χ4n) is 3.04. The van der Waals surface area contributed by atoms with Crippen LogP contribution in [0.2, 0.25) is 0 Å². The molecule has 0 bridgehead atoms. The van der Waals surface area contributed by atoms with Crippen LogP contribution in [0.5, 0.6) is 5.75 Å². The van der Waals surface area contributed by atoms with Crippen molar-refractivity contribution in [1.29, 1.82) is 5.26 Å². The van der Waals surface area contributed by atoms with Gasteiger partial charge in [0.25, 0.3) is 5.91 Å². The van der Waals surface area contributed by atoms with Crippen LogP contribution in [0.4, 0.5) is 0 Å². The first-order chi connectivity index (χ1) is 13.7. The lowest BCUT2D eigenvalue weighted by Crippen LogP contribution is -2.31. The van der Waals surface area contributed by atoms with Gasteiger partial charge >= 0.3 is 0 Å². The number of hydrogen-bond acceptors (Lipinski definition) is 6. The number of benzene rings is 1. The number of thiophene rings is 2. The molecule has 1 atom stereocenters. The normalized spacial score (nSPS) is 15.9. The van der Waals surface area contributed by atoms with E-state index in [-0.39, 0.29) is 18.6 Å². The number of carbonyl (C=O) groups is 1. The molecule has 140 valence electrons. The maximum atomic E-state index is 12.9. The van der Waals surface area contributed by atoms with Gasteiger partial charge in [0.05, 0.1) is 29.1 Å². The van der Waals surface area contributed by atoms with E-state index in [2.05, 4.69) is 11.2 Å². The van der Waals surface area contributed by atoms with Gasteiger partial charge in [-0.3, -0.25) is 4.79 Å². The molecule has 0 aliphatic carbocycles. The number of ether oxygens (including phenoxy) is 1. The van der Waals surface area contributed by atoms with E-state index in [0.29, 0.717) is 18.6 Å². The third-order valence-corrected chi connectivity index (χ3v) is 6.30. The molecule has 0 N–H and O–H groups in total. The number of amides is 1. The van der Waals surface area contributed by atoms with Gasteiger partial charge in [0, 0.05) is 11.3 Å². The molecule has 1 aliphatic heterocycles. The van der Waals surface area contributed by atoms with Crippen LogP contribution < -0.4 is 4.74 Å². The highest BCUT2D eigenvalue weighted by atomic mass is 32.1. The van der Waals surface area contributed by atoms with Crippen LogP contribution in [0, 0.1) is 11.3 Å². The molecule has 28 heavy (non-hydrogen) atoms. The maximum Gasteiger partial charge on any atom is 0.281 e. The molecule has 1 unspecified atom stereocenters. The number of nitrogens with zero attached hydrogens (tertiary/aromatic N) is 3. The van der Waals surface area contributed by atoms with Crippen LogP contribution in [-0.2, 0) is 11.2 Å². The number of hydrazone groups is 1. The fraction of sp³-hybridized carbons (Fsp3) is 0.190. The summed E-state index contributed by atoms with van der Waals surface area (Å²) in [4.78, 5) is 15.1. The molecule has 0 saturated carbocycles. The van der Waals surface area contributed by atoms with Gasteiger partial charge in [-0.25, -0.2) is 5.01 Å². The Labute approximate surface area is 171 Å². The minimum absolute atomic E-state index is 0.0826. The molecule has 1 aromatic carbocycles. The van der Waals surface area contributed by atoms with Gasteiger partial charge in [0.15, 0.2) is 6.61 Å². The summed E-state index contributed by atoms with van der Waals surface area (Å²) in [6, 6.07) is 17.3. The largest absolute Gasteiger partial charge is 0.484 e. The first-order valence-electron chi connectivity index (χ1n) is 8.80. The average molecular weight is 408 g/mol. The van der Waals surface area contributed by atoms with E-state index in [1.54, 1.807) is 39.8 Å². The first kappa shape index (κ1) is 18.4. The molecule has 1 aliphatic rings. The van der Waals surface area contributed by atoms with Crippen molar-refractivity contribution in [1.82, 2.24) is 5.01 Å². The summed E-state index contributed by atoms with van der Waals surface area (Å²) in [6.45, 7) is -0.0826. The van der Waals surface area contributed by atoms with Crippen molar-refractivity contribution in [2.75, 3.05) is 6.61 Å². The van der Waals surface area contributed by atoms with Gasteiger partial charge < -0.3 is 4.74 Å². The second-order valence-electron chi connectivity index (χ2n) is 6.27. The van der Waals surface area contributed by atoms with Crippen molar-refractivity contribution in [3.05, 3.63) is 74.6 Å². The molecule has 0 radical (unpaired) electrons. The third-order valence-electron chi connectivity index (χ3n) is 4.41. The second kappa shape index (κ2) is 8.38. The smallest absolute Gasteiger partial charge is 0.281 e. The SMILES string of the molecule is N#CCc1ccc(OCC(=O)N2N=C(c3cccs3)CC2c2cccs2)cc1. The molecule has 4 rings (SSSR count). The van der Waals surface area contributed by atoms with Crippen LogP contribution in [0.1, 0.15) is 27.8 Å². The monoisotopic (exact) mass is 407 g/mol. The molecule has 7 heteroatoms. The van der Waals surface area contributed by atoms with Crippen molar-refractivity contribution >= 4 is 34.3 Å². The summed E-state index contributed by atoms with van der Waals surface area (Å²) >= 11 is 3.26. The zero-order valence-electron chi connectivity index (χ0n) is 14.9. The zero-order chi connectivity index (χ0) is 19.3. The van der Waals surface area contributed by atoms with E-state index in [0.717, 1.165) is 21.0 Å². The van der Waals surface area contributed by atoms with Crippen LogP contribution >= 0.6 is 22.7 Å². The molecule has 5 nitrogen and oxygen atoms in total. The molecule has 0 spiro atoms. The molecule has 0 saturated heterocycles. The Morgan fingerprint density at radius 1 is 1.18 bits per heavy atom. The highest BCUT2D eigenvalue weighted by molar-refractivity contribution is 7.12. The molecular weight excluding hydrogens is 390 g/mol. The van der Waals surface area contributed by atoms with Gasteiger partial charge in [-0.1, -0.05) is 24.3 Å². The first-order valence-corrected chi connectivity index (χ1v) is 10.6. The molecule has 2 aromatic heterocycles. The van der Waals surface area contributed by atoms with Gasteiger partial charge in [0.1, 0.15) is 5.75 Å². The van der Waals surface area contributed by atoms with Crippen molar-refractivity contribution in [3.63, 3.8) is 0 Å². The Balaban J connectivity index is 1.48. The number of nitriles is 1. The van der Waals surface area contributed by atoms with Crippen LogP contribution in [0.15, 0.2) is 64.4 Å². The van der Waals surface area contributed by atoms with Crippen molar-refractivity contribution in [2.24, 2.45) is 5.10 Å². The molecule has 0 fully saturated rings. The van der Waals surface area contributed by atoms with Crippen LogP contribution in [0.3, 0.4) is 0 Å². The predicted octanol–water partition coefficient (Wildman–Crippen LogP) is 4.63. The van der Waals surface area contributed by atoms with E-state index in [1.165, 1.54) is 0 Å². The maximum absolute atomic E-state index is 12.9. The van der Waals surface area contributed by atoms with E-state index in [1.807, 2.05) is 47.2 Å². The van der Waals surface area contributed by atoms with Crippen LogP contribution in [-0.4, -0.2) is 23.2 Å². The highest BCUT2D eigenvalue weighted by Crippen LogP contribution is 2.35. The van der Waals surface area contributed by atoms with E-state index >= 15 is 0 Å². The Bertz CT molecular complexity index is 1000. The Kier molecular flexibility index (Phi) is 5.51. The standard InChI is InChI=1S/C21H17N3O2S2/c22-10-9-15-5-7-16(8-6-15)26-14-21(25)24-18(20-4-2-12-28-20)13-17(23-24)19-3-1-11-27-19/h1-8,11-12,18H,9,13-14H2. The predicted molar refractivity (Wildman–Crippen MR) is 111 cm³/mol. The summed E-state index contributed by atoms with van der Waals surface area (Å²) in [5.41, 5.74) is 1.85. The van der Waals surface area contributed by atoms with Gasteiger partial charge in [-0.15, -0.1) is 22.7 Å². The molecule has 1 amide bonds. The van der Waals surface area contributed by atoms with Crippen molar-refractivity contribution in [2.45, 2.75) is 18.9 Å². The highest BCUT2D eigenvalue weighted by Gasteiger charge is 2.34. The summed E-state index contributed by atoms with van der Waals surface area (Å²) in [5.74, 6) is 0.426.